The quantitative estimate of drug-likeness (QED) is 0.779. The number of primary amides is 1. The van der Waals surface area contributed by atoms with Gasteiger partial charge >= 0.3 is 0 Å². The number of anilines is 1. The number of carbonyl (C=O) groups is 1. The number of aliphatic hydroxyl groups is 1. The highest BCUT2D eigenvalue weighted by Crippen LogP contribution is 2.28. The zero-order valence-corrected chi connectivity index (χ0v) is 10.6. The lowest BCUT2D eigenvalue weighted by Crippen LogP contribution is -2.48. The molecule has 7 heteroatoms. The van der Waals surface area contributed by atoms with Crippen LogP contribution in [0.25, 0.3) is 0 Å². The van der Waals surface area contributed by atoms with E-state index in [0.29, 0.717) is 24.3 Å². The van der Waals surface area contributed by atoms with E-state index in [0.717, 1.165) is 12.8 Å². The highest BCUT2D eigenvalue weighted by molar-refractivity contribution is 6.30. The summed E-state index contributed by atoms with van der Waals surface area (Å²) in [5.41, 5.74) is 5.84. The second-order valence-corrected chi connectivity index (χ2v) is 4.59. The van der Waals surface area contributed by atoms with Gasteiger partial charge in [0, 0.05) is 6.54 Å². The van der Waals surface area contributed by atoms with Crippen molar-refractivity contribution in [1.29, 1.82) is 0 Å². The van der Waals surface area contributed by atoms with Crippen molar-refractivity contribution in [3.05, 3.63) is 17.0 Å². The van der Waals surface area contributed by atoms with Crippen LogP contribution in [0.15, 0.2) is 6.33 Å². The number of hydrogen-bond donors (Lipinski definition) is 2. The average molecular weight is 271 g/mol. The lowest BCUT2D eigenvalue weighted by atomic mass is 10.0. The summed E-state index contributed by atoms with van der Waals surface area (Å²) < 4.78 is 0. The number of piperidine rings is 1. The third kappa shape index (κ3) is 2.39. The summed E-state index contributed by atoms with van der Waals surface area (Å²) in [6.45, 7) is 0.408. The van der Waals surface area contributed by atoms with Crippen LogP contribution >= 0.6 is 11.6 Å². The summed E-state index contributed by atoms with van der Waals surface area (Å²) in [4.78, 5) is 21.2. The van der Waals surface area contributed by atoms with Crippen LogP contribution in [-0.4, -0.2) is 33.6 Å². The Bertz CT molecular complexity index is 455. The third-order valence-corrected chi connectivity index (χ3v) is 3.46. The van der Waals surface area contributed by atoms with Crippen LogP contribution in [0.4, 0.5) is 5.82 Å². The first-order valence-corrected chi connectivity index (χ1v) is 6.19. The van der Waals surface area contributed by atoms with E-state index < -0.39 is 6.04 Å². The molecule has 6 nitrogen and oxygen atoms in total. The topological polar surface area (TPSA) is 92.3 Å². The molecule has 1 unspecified atom stereocenters. The minimum Gasteiger partial charge on any atom is -0.391 e. The van der Waals surface area contributed by atoms with E-state index >= 15 is 0 Å². The fourth-order valence-electron chi connectivity index (χ4n) is 2.25. The summed E-state index contributed by atoms with van der Waals surface area (Å²) in [5.74, 6) is 0.120. The minimum absolute atomic E-state index is 0.205. The van der Waals surface area contributed by atoms with Crippen LogP contribution in [-0.2, 0) is 11.4 Å². The summed E-state index contributed by atoms with van der Waals surface area (Å²) in [7, 11) is 0. The van der Waals surface area contributed by atoms with Crippen molar-refractivity contribution in [3.63, 3.8) is 0 Å². The van der Waals surface area contributed by atoms with Crippen LogP contribution < -0.4 is 10.6 Å². The maximum Gasteiger partial charge on any atom is 0.240 e. The van der Waals surface area contributed by atoms with Gasteiger partial charge in [-0.1, -0.05) is 11.6 Å². The van der Waals surface area contributed by atoms with Gasteiger partial charge in [0.25, 0.3) is 0 Å². The Morgan fingerprint density at radius 2 is 2.33 bits per heavy atom. The van der Waals surface area contributed by atoms with Gasteiger partial charge in [-0.05, 0) is 19.3 Å². The first-order chi connectivity index (χ1) is 8.65. The van der Waals surface area contributed by atoms with Crippen molar-refractivity contribution in [2.24, 2.45) is 5.73 Å². The average Bonchev–Trinajstić information content (AvgIpc) is 2.38. The zero-order chi connectivity index (χ0) is 13.1. The molecule has 0 bridgehead atoms. The number of rotatable bonds is 3. The molecule has 1 aliphatic rings. The number of halogens is 1. The molecule has 0 saturated carbocycles. The van der Waals surface area contributed by atoms with Crippen LogP contribution in [0.2, 0.25) is 5.15 Å². The first kappa shape index (κ1) is 13.0. The van der Waals surface area contributed by atoms with E-state index in [-0.39, 0.29) is 17.7 Å². The van der Waals surface area contributed by atoms with Crippen molar-refractivity contribution in [2.75, 3.05) is 11.4 Å². The standard InChI is InChI=1S/C11H15ClN4O2/c12-9-7(5-17)11(15-6-14-9)16-4-2-1-3-8(16)10(13)18/h6,8,17H,1-5H2,(H2,13,18). The molecule has 0 radical (unpaired) electrons. The number of aromatic nitrogens is 2. The molecule has 1 fully saturated rings. The fourth-order valence-corrected chi connectivity index (χ4v) is 2.43. The number of amides is 1. The maximum absolute atomic E-state index is 11.5. The monoisotopic (exact) mass is 270 g/mol. The fraction of sp³-hybridized carbons (Fsp3) is 0.545. The second kappa shape index (κ2) is 5.49. The Labute approximate surface area is 110 Å². The van der Waals surface area contributed by atoms with Crippen LogP contribution in [0, 0.1) is 0 Å². The van der Waals surface area contributed by atoms with E-state index in [9.17, 15) is 9.90 Å². The predicted molar refractivity (Wildman–Crippen MR) is 67.1 cm³/mol. The van der Waals surface area contributed by atoms with Gasteiger partial charge in [-0.2, -0.15) is 0 Å². The van der Waals surface area contributed by atoms with Crippen molar-refractivity contribution in [3.8, 4) is 0 Å². The Balaban J connectivity index is 2.39. The molecule has 1 saturated heterocycles. The van der Waals surface area contributed by atoms with Gasteiger partial charge in [0.15, 0.2) is 0 Å². The number of aliphatic hydroxyl groups excluding tert-OH is 1. The molecule has 0 aliphatic carbocycles. The van der Waals surface area contributed by atoms with E-state index in [1.165, 1.54) is 6.33 Å². The van der Waals surface area contributed by atoms with Crippen molar-refractivity contribution < 1.29 is 9.90 Å². The molecule has 2 rings (SSSR count). The molecular weight excluding hydrogens is 256 g/mol. The normalized spacial score (nSPS) is 19.9. The zero-order valence-electron chi connectivity index (χ0n) is 9.84. The maximum atomic E-state index is 11.5. The van der Waals surface area contributed by atoms with Gasteiger partial charge in [-0.3, -0.25) is 4.79 Å². The van der Waals surface area contributed by atoms with Gasteiger partial charge in [-0.25, -0.2) is 9.97 Å². The lowest BCUT2D eigenvalue weighted by molar-refractivity contribution is -0.119. The van der Waals surface area contributed by atoms with E-state index in [2.05, 4.69) is 9.97 Å². The highest BCUT2D eigenvalue weighted by Gasteiger charge is 2.30. The molecule has 0 aromatic carbocycles. The lowest BCUT2D eigenvalue weighted by Gasteiger charge is -2.35. The minimum atomic E-state index is -0.394. The van der Waals surface area contributed by atoms with Gasteiger partial charge in [0.2, 0.25) is 5.91 Å². The van der Waals surface area contributed by atoms with Gasteiger partial charge in [-0.15, -0.1) is 0 Å². The van der Waals surface area contributed by atoms with Gasteiger partial charge in [0.05, 0.1) is 12.2 Å². The molecule has 1 atom stereocenters. The van der Waals surface area contributed by atoms with Gasteiger partial charge in [0.1, 0.15) is 23.3 Å². The number of hydrogen-bond acceptors (Lipinski definition) is 5. The van der Waals surface area contributed by atoms with Gasteiger partial charge < -0.3 is 15.7 Å². The molecule has 3 N–H and O–H groups in total. The van der Waals surface area contributed by atoms with E-state index in [4.69, 9.17) is 17.3 Å². The molecule has 98 valence electrons. The summed E-state index contributed by atoms with van der Waals surface area (Å²) in [6, 6.07) is -0.394. The molecule has 1 aromatic rings. The van der Waals surface area contributed by atoms with Crippen molar-refractivity contribution in [2.45, 2.75) is 31.9 Å². The SMILES string of the molecule is NC(=O)C1CCCCN1c1ncnc(Cl)c1CO. The van der Waals surface area contributed by atoms with E-state index in [1.54, 1.807) is 0 Å². The first-order valence-electron chi connectivity index (χ1n) is 5.81. The Kier molecular flexibility index (Phi) is 3.98. The number of carbonyl (C=O) groups excluding carboxylic acids is 1. The van der Waals surface area contributed by atoms with Crippen LogP contribution in [0.1, 0.15) is 24.8 Å². The smallest absolute Gasteiger partial charge is 0.240 e. The molecule has 1 amide bonds. The number of nitrogens with zero attached hydrogens (tertiary/aromatic N) is 3. The van der Waals surface area contributed by atoms with Crippen molar-refractivity contribution >= 4 is 23.3 Å². The second-order valence-electron chi connectivity index (χ2n) is 4.23. The Morgan fingerprint density at radius 3 is 3.00 bits per heavy atom. The molecule has 1 aliphatic heterocycles. The van der Waals surface area contributed by atoms with Crippen LogP contribution in [0.3, 0.4) is 0 Å². The summed E-state index contributed by atoms with van der Waals surface area (Å²) in [5, 5.41) is 9.55. The predicted octanol–water partition coefficient (Wildman–Crippen LogP) is 0.466. The highest BCUT2D eigenvalue weighted by atomic mass is 35.5. The summed E-state index contributed by atoms with van der Waals surface area (Å²) >= 11 is 5.92. The van der Waals surface area contributed by atoms with Crippen LogP contribution in [0.5, 0.6) is 0 Å². The Hall–Kier alpha value is -1.40. The summed E-state index contributed by atoms with van der Waals surface area (Å²) in [6.07, 6.45) is 3.93. The molecule has 1 aromatic heterocycles. The molecular formula is C11H15ClN4O2. The van der Waals surface area contributed by atoms with Crippen molar-refractivity contribution in [1.82, 2.24) is 9.97 Å². The Morgan fingerprint density at radius 1 is 1.56 bits per heavy atom. The molecule has 2 heterocycles. The molecule has 0 spiro atoms. The van der Waals surface area contributed by atoms with E-state index in [1.807, 2.05) is 4.90 Å². The number of nitrogens with two attached hydrogens (primary N) is 1. The third-order valence-electron chi connectivity index (χ3n) is 3.13. The largest absolute Gasteiger partial charge is 0.391 e. The molecule has 18 heavy (non-hydrogen) atoms.